The van der Waals surface area contributed by atoms with Gasteiger partial charge in [-0.05, 0) is 32.7 Å². The molecular formula is C13H21N3. The van der Waals surface area contributed by atoms with Crippen LogP contribution in [-0.4, -0.2) is 22.1 Å². The zero-order chi connectivity index (χ0) is 11.4. The van der Waals surface area contributed by atoms with Crippen LogP contribution >= 0.6 is 0 Å². The van der Waals surface area contributed by atoms with E-state index in [9.17, 15) is 0 Å². The maximum Gasteiger partial charge on any atom is 0.112 e. The van der Waals surface area contributed by atoms with Gasteiger partial charge < -0.3 is 9.88 Å². The van der Waals surface area contributed by atoms with Crippen molar-refractivity contribution in [1.29, 1.82) is 0 Å². The van der Waals surface area contributed by atoms with Crippen LogP contribution in [0.1, 0.15) is 32.0 Å². The van der Waals surface area contributed by atoms with Gasteiger partial charge in [0.05, 0.1) is 0 Å². The van der Waals surface area contributed by atoms with E-state index in [1.807, 2.05) is 19.4 Å². The Morgan fingerprint density at radius 2 is 2.44 bits per heavy atom. The molecule has 16 heavy (non-hydrogen) atoms. The quantitative estimate of drug-likeness (QED) is 0.586. The van der Waals surface area contributed by atoms with Gasteiger partial charge in [0.1, 0.15) is 5.82 Å². The van der Waals surface area contributed by atoms with E-state index in [1.165, 1.54) is 18.4 Å². The largest absolute Gasteiger partial charge is 0.338 e. The third-order valence-corrected chi connectivity index (χ3v) is 3.01. The second kappa shape index (κ2) is 5.30. The minimum atomic E-state index is 0.822. The molecule has 3 heteroatoms. The molecule has 88 valence electrons. The van der Waals surface area contributed by atoms with Crippen LogP contribution in [0.15, 0.2) is 24.0 Å². The molecule has 1 heterocycles. The van der Waals surface area contributed by atoms with Gasteiger partial charge in [-0.1, -0.05) is 11.6 Å². The molecule has 0 bridgehead atoms. The van der Waals surface area contributed by atoms with Crippen LogP contribution in [0.5, 0.6) is 0 Å². The number of rotatable bonds is 6. The van der Waals surface area contributed by atoms with Gasteiger partial charge in [-0.3, -0.25) is 0 Å². The SMILES string of the molecule is CC(=CCCNC1CC1)Cc1nccn1C. The molecule has 0 spiro atoms. The summed E-state index contributed by atoms with van der Waals surface area (Å²) in [5, 5.41) is 3.52. The molecule has 0 amide bonds. The lowest BCUT2D eigenvalue weighted by molar-refractivity contribution is 0.687. The first kappa shape index (κ1) is 11.4. The Morgan fingerprint density at radius 1 is 1.62 bits per heavy atom. The summed E-state index contributed by atoms with van der Waals surface area (Å²) in [6.45, 7) is 3.30. The van der Waals surface area contributed by atoms with Crippen molar-refractivity contribution in [2.45, 2.75) is 38.6 Å². The lowest BCUT2D eigenvalue weighted by atomic mass is 10.1. The molecule has 0 saturated heterocycles. The Bertz CT molecular complexity index is 361. The molecule has 0 unspecified atom stereocenters. The lowest BCUT2D eigenvalue weighted by Gasteiger charge is -2.03. The number of aromatic nitrogens is 2. The Labute approximate surface area is 97.6 Å². The Balaban J connectivity index is 1.71. The van der Waals surface area contributed by atoms with E-state index in [0.717, 1.165) is 31.3 Å². The number of hydrogen-bond donors (Lipinski definition) is 1. The summed E-state index contributed by atoms with van der Waals surface area (Å²) in [6, 6.07) is 0.822. The Hall–Kier alpha value is -1.09. The number of allylic oxidation sites excluding steroid dienone is 1. The van der Waals surface area contributed by atoms with Gasteiger partial charge >= 0.3 is 0 Å². The summed E-state index contributed by atoms with van der Waals surface area (Å²) in [4.78, 5) is 4.33. The molecule has 2 rings (SSSR count). The van der Waals surface area contributed by atoms with Crippen LogP contribution < -0.4 is 5.32 Å². The molecule has 0 aromatic carbocycles. The average molecular weight is 219 g/mol. The van der Waals surface area contributed by atoms with Gasteiger partial charge in [0.2, 0.25) is 0 Å². The van der Waals surface area contributed by atoms with Crippen molar-refractivity contribution in [3.8, 4) is 0 Å². The first-order valence-electron chi connectivity index (χ1n) is 6.11. The standard InChI is InChI=1S/C13H21N3/c1-11(4-3-7-14-12-5-6-12)10-13-15-8-9-16(13)2/h4,8-9,12,14H,3,5-7,10H2,1-2H3. The van der Waals surface area contributed by atoms with Crippen LogP contribution in [0.2, 0.25) is 0 Å². The summed E-state index contributed by atoms with van der Waals surface area (Å²) in [6.07, 6.45) is 11.0. The summed E-state index contributed by atoms with van der Waals surface area (Å²) >= 11 is 0. The predicted molar refractivity (Wildman–Crippen MR) is 66.3 cm³/mol. The second-order valence-corrected chi connectivity index (χ2v) is 4.70. The lowest BCUT2D eigenvalue weighted by Crippen LogP contribution is -2.16. The molecule has 3 nitrogen and oxygen atoms in total. The van der Waals surface area contributed by atoms with E-state index < -0.39 is 0 Å². The second-order valence-electron chi connectivity index (χ2n) is 4.70. The minimum Gasteiger partial charge on any atom is -0.338 e. The third-order valence-electron chi connectivity index (χ3n) is 3.01. The fraction of sp³-hybridized carbons (Fsp3) is 0.615. The third kappa shape index (κ3) is 3.49. The van der Waals surface area contributed by atoms with Crippen molar-refractivity contribution >= 4 is 0 Å². The number of hydrogen-bond acceptors (Lipinski definition) is 2. The highest BCUT2D eigenvalue weighted by molar-refractivity contribution is 5.08. The number of nitrogens with zero attached hydrogens (tertiary/aromatic N) is 2. The van der Waals surface area contributed by atoms with Crippen molar-refractivity contribution in [3.63, 3.8) is 0 Å². The molecule has 0 aliphatic heterocycles. The smallest absolute Gasteiger partial charge is 0.112 e. The Morgan fingerprint density at radius 3 is 3.06 bits per heavy atom. The maximum absolute atomic E-state index is 4.33. The van der Waals surface area contributed by atoms with Gasteiger partial charge in [-0.25, -0.2) is 4.98 Å². The highest BCUT2D eigenvalue weighted by Crippen LogP contribution is 2.18. The number of nitrogens with one attached hydrogen (secondary N) is 1. The van der Waals surface area contributed by atoms with E-state index in [1.54, 1.807) is 0 Å². The number of aryl methyl sites for hydroxylation is 1. The summed E-state index contributed by atoms with van der Waals surface area (Å²) in [5.41, 5.74) is 1.41. The molecule has 1 aliphatic rings. The number of imidazole rings is 1. The van der Waals surface area contributed by atoms with E-state index in [0.29, 0.717) is 0 Å². The summed E-state index contributed by atoms with van der Waals surface area (Å²) in [5.74, 6) is 1.14. The zero-order valence-electron chi connectivity index (χ0n) is 10.2. The van der Waals surface area contributed by atoms with Crippen molar-refractivity contribution in [2.24, 2.45) is 7.05 Å². The van der Waals surface area contributed by atoms with Gasteiger partial charge in [-0.15, -0.1) is 0 Å². The van der Waals surface area contributed by atoms with Crippen LogP contribution in [0.4, 0.5) is 0 Å². The van der Waals surface area contributed by atoms with Crippen LogP contribution in [0, 0.1) is 0 Å². The molecule has 1 aromatic heterocycles. The molecular weight excluding hydrogens is 198 g/mol. The van der Waals surface area contributed by atoms with Gasteiger partial charge in [0, 0.05) is 31.9 Å². The van der Waals surface area contributed by atoms with Gasteiger partial charge in [-0.2, -0.15) is 0 Å². The van der Waals surface area contributed by atoms with Crippen LogP contribution in [0.25, 0.3) is 0 Å². The van der Waals surface area contributed by atoms with E-state index >= 15 is 0 Å². The van der Waals surface area contributed by atoms with Crippen molar-refractivity contribution in [3.05, 3.63) is 29.9 Å². The van der Waals surface area contributed by atoms with Crippen LogP contribution in [-0.2, 0) is 13.5 Å². The van der Waals surface area contributed by atoms with E-state index in [2.05, 4.69) is 27.9 Å². The molecule has 1 saturated carbocycles. The first-order valence-corrected chi connectivity index (χ1v) is 6.11. The summed E-state index contributed by atoms with van der Waals surface area (Å²) < 4.78 is 2.08. The van der Waals surface area contributed by atoms with Crippen LogP contribution in [0.3, 0.4) is 0 Å². The molecule has 1 N–H and O–H groups in total. The molecule has 0 radical (unpaired) electrons. The maximum atomic E-state index is 4.33. The van der Waals surface area contributed by atoms with E-state index in [4.69, 9.17) is 0 Å². The normalized spacial score (nSPS) is 16.8. The molecule has 1 aromatic rings. The fourth-order valence-corrected chi connectivity index (χ4v) is 1.78. The fourth-order valence-electron chi connectivity index (χ4n) is 1.78. The first-order chi connectivity index (χ1) is 7.75. The van der Waals surface area contributed by atoms with Gasteiger partial charge in [0.25, 0.3) is 0 Å². The predicted octanol–water partition coefficient (Wildman–Crippen LogP) is 2.05. The van der Waals surface area contributed by atoms with Crippen molar-refractivity contribution in [1.82, 2.24) is 14.9 Å². The topological polar surface area (TPSA) is 29.9 Å². The van der Waals surface area contributed by atoms with E-state index in [-0.39, 0.29) is 0 Å². The monoisotopic (exact) mass is 219 g/mol. The highest BCUT2D eigenvalue weighted by atomic mass is 15.0. The summed E-state index contributed by atoms with van der Waals surface area (Å²) in [7, 11) is 2.05. The van der Waals surface area contributed by atoms with Crippen molar-refractivity contribution in [2.75, 3.05) is 6.54 Å². The molecule has 1 fully saturated rings. The minimum absolute atomic E-state index is 0.822. The van der Waals surface area contributed by atoms with Gasteiger partial charge in [0.15, 0.2) is 0 Å². The Kier molecular flexibility index (Phi) is 3.78. The highest BCUT2D eigenvalue weighted by Gasteiger charge is 2.19. The molecule has 0 atom stereocenters. The molecule has 1 aliphatic carbocycles. The van der Waals surface area contributed by atoms with Crippen molar-refractivity contribution < 1.29 is 0 Å². The average Bonchev–Trinajstić information content (AvgIpc) is 3.00. The zero-order valence-corrected chi connectivity index (χ0v) is 10.2.